The van der Waals surface area contributed by atoms with Crippen molar-refractivity contribution in [1.29, 1.82) is 0 Å². The predicted molar refractivity (Wildman–Crippen MR) is 73.2 cm³/mol. The van der Waals surface area contributed by atoms with Gasteiger partial charge in [-0.05, 0) is 24.5 Å². The molecule has 1 aromatic heterocycles. The van der Waals surface area contributed by atoms with Crippen LogP contribution in [0.3, 0.4) is 0 Å². The number of nitrogens with one attached hydrogen (secondary N) is 1. The Kier molecular flexibility index (Phi) is 5.49. The molecule has 1 heterocycles. The third-order valence-corrected chi connectivity index (χ3v) is 2.44. The Hall–Kier alpha value is -1.71. The van der Waals surface area contributed by atoms with Crippen LogP contribution in [0.5, 0.6) is 0 Å². The Bertz CT molecular complexity index is 410. The Morgan fingerprint density at radius 2 is 1.89 bits per heavy atom. The van der Waals surface area contributed by atoms with Gasteiger partial charge in [0.25, 0.3) is 0 Å². The van der Waals surface area contributed by atoms with Gasteiger partial charge in [0.1, 0.15) is 0 Å². The van der Waals surface area contributed by atoms with Crippen molar-refractivity contribution in [1.82, 2.24) is 10.4 Å². The van der Waals surface area contributed by atoms with Crippen molar-refractivity contribution in [3.8, 4) is 0 Å². The van der Waals surface area contributed by atoms with Gasteiger partial charge in [-0.3, -0.25) is 9.78 Å². The van der Waals surface area contributed by atoms with Crippen molar-refractivity contribution in [2.24, 2.45) is 16.9 Å². The van der Waals surface area contributed by atoms with Gasteiger partial charge >= 0.3 is 0 Å². The van der Waals surface area contributed by atoms with Crippen LogP contribution in [0.2, 0.25) is 0 Å². The lowest BCUT2D eigenvalue weighted by Gasteiger charge is -2.10. The SMILES string of the molecule is CC(C)CC(=NNC(=O)C(C)C)c1ccncc1. The Labute approximate surface area is 109 Å². The normalized spacial score (nSPS) is 12.0. The molecule has 0 bridgehead atoms. The molecule has 1 amide bonds. The summed E-state index contributed by atoms with van der Waals surface area (Å²) in [5, 5.41) is 4.24. The summed E-state index contributed by atoms with van der Waals surface area (Å²) in [5.74, 6) is 0.352. The van der Waals surface area contributed by atoms with Crippen LogP contribution in [-0.2, 0) is 4.79 Å². The number of rotatable bonds is 5. The van der Waals surface area contributed by atoms with Crippen LogP contribution < -0.4 is 5.43 Å². The molecule has 0 saturated heterocycles. The van der Waals surface area contributed by atoms with E-state index in [-0.39, 0.29) is 11.8 Å². The maximum Gasteiger partial charge on any atom is 0.242 e. The zero-order chi connectivity index (χ0) is 13.5. The molecule has 4 heteroatoms. The first-order valence-corrected chi connectivity index (χ1v) is 6.27. The fourth-order valence-corrected chi connectivity index (χ4v) is 1.41. The molecular weight excluding hydrogens is 226 g/mol. The van der Waals surface area contributed by atoms with Crippen molar-refractivity contribution in [2.75, 3.05) is 0 Å². The van der Waals surface area contributed by atoms with E-state index < -0.39 is 0 Å². The number of hydrazone groups is 1. The molecule has 18 heavy (non-hydrogen) atoms. The zero-order valence-corrected chi connectivity index (χ0v) is 11.5. The maximum absolute atomic E-state index is 11.5. The standard InChI is InChI=1S/C14H21N3O/c1-10(2)9-13(12-5-7-15-8-6-12)16-17-14(18)11(3)4/h5-8,10-11H,9H2,1-4H3,(H,17,18). The van der Waals surface area contributed by atoms with E-state index in [1.807, 2.05) is 26.0 Å². The highest BCUT2D eigenvalue weighted by molar-refractivity contribution is 6.01. The molecule has 98 valence electrons. The number of amides is 1. The summed E-state index contributed by atoms with van der Waals surface area (Å²) in [7, 11) is 0. The summed E-state index contributed by atoms with van der Waals surface area (Å²) in [6.45, 7) is 7.95. The molecule has 0 aliphatic rings. The number of aromatic nitrogens is 1. The molecule has 0 unspecified atom stereocenters. The second-order valence-electron chi connectivity index (χ2n) is 5.02. The van der Waals surface area contributed by atoms with Gasteiger partial charge in [0.15, 0.2) is 0 Å². The van der Waals surface area contributed by atoms with Crippen LogP contribution in [0.4, 0.5) is 0 Å². The van der Waals surface area contributed by atoms with Gasteiger partial charge in [0, 0.05) is 23.9 Å². The van der Waals surface area contributed by atoms with Crippen LogP contribution in [0.15, 0.2) is 29.6 Å². The van der Waals surface area contributed by atoms with Gasteiger partial charge in [-0.1, -0.05) is 27.7 Å². The molecule has 1 rings (SSSR count). The summed E-state index contributed by atoms with van der Waals surface area (Å²) in [6, 6.07) is 3.81. The van der Waals surface area contributed by atoms with Crippen LogP contribution >= 0.6 is 0 Å². The molecule has 0 radical (unpaired) electrons. The van der Waals surface area contributed by atoms with E-state index in [1.165, 1.54) is 0 Å². The lowest BCUT2D eigenvalue weighted by molar-refractivity contribution is -0.123. The molecule has 0 aliphatic carbocycles. The van der Waals surface area contributed by atoms with E-state index in [0.717, 1.165) is 17.7 Å². The fraction of sp³-hybridized carbons (Fsp3) is 0.500. The topological polar surface area (TPSA) is 54.4 Å². The number of nitrogens with zero attached hydrogens (tertiary/aromatic N) is 2. The molecule has 0 atom stereocenters. The van der Waals surface area contributed by atoms with Crippen molar-refractivity contribution in [3.05, 3.63) is 30.1 Å². The third-order valence-electron chi connectivity index (χ3n) is 2.44. The number of carbonyl (C=O) groups excluding carboxylic acids is 1. The molecule has 0 aliphatic heterocycles. The van der Waals surface area contributed by atoms with E-state index in [0.29, 0.717) is 5.92 Å². The van der Waals surface area contributed by atoms with E-state index in [2.05, 4.69) is 29.4 Å². The van der Waals surface area contributed by atoms with E-state index >= 15 is 0 Å². The van der Waals surface area contributed by atoms with E-state index in [9.17, 15) is 4.79 Å². The molecular formula is C14H21N3O. The van der Waals surface area contributed by atoms with Crippen LogP contribution in [-0.4, -0.2) is 16.6 Å². The van der Waals surface area contributed by atoms with Gasteiger partial charge in [0.05, 0.1) is 5.71 Å². The monoisotopic (exact) mass is 247 g/mol. The lowest BCUT2D eigenvalue weighted by Crippen LogP contribution is -2.25. The summed E-state index contributed by atoms with van der Waals surface area (Å²) in [5.41, 5.74) is 4.51. The number of pyridine rings is 1. The minimum Gasteiger partial charge on any atom is -0.273 e. The quantitative estimate of drug-likeness (QED) is 0.642. The minimum atomic E-state index is -0.0645. The zero-order valence-electron chi connectivity index (χ0n) is 11.5. The molecule has 0 fully saturated rings. The minimum absolute atomic E-state index is 0.0634. The third kappa shape index (κ3) is 4.65. The average Bonchev–Trinajstić information content (AvgIpc) is 2.34. The van der Waals surface area contributed by atoms with Gasteiger partial charge < -0.3 is 0 Å². The smallest absolute Gasteiger partial charge is 0.242 e. The summed E-state index contributed by atoms with van der Waals surface area (Å²) in [4.78, 5) is 15.5. The van der Waals surface area contributed by atoms with Gasteiger partial charge in [-0.2, -0.15) is 5.10 Å². The predicted octanol–water partition coefficient (Wildman–Crippen LogP) is 2.60. The number of hydrogen-bond acceptors (Lipinski definition) is 3. The second kappa shape index (κ2) is 6.89. The highest BCUT2D eigenvalue weighted by Crippen LogP contribution is 2.09. The van der Waals surface area contributed by atoms with Crippen molar-refractivity contribution in [2.45, 2.75) is 34.1 Å². The summed E-state index contributed by atoms with van der Waals surface area (Å²) < 4.78 is 0. The molecule has 0 saturated carbocycles. The Morgan fingerprint density at radius 1 is 1.28 bits per heavy atom. The largest absolute Gasteiger partial charge is 0.273 e. The average molecular weight is 247 g/mol. The van der Waals surface area contributed by atoms with Crippen LogP contribution in [0.25, 0.3) is 0 Å². The Morgan fingerprint density at radius 3 is 2.39 bits per heavy atom. The molecule has 1 aromatic rings. The Balaban J connectivity index is 2.85. The fourth-order valence-electron chi connectivity index (χ4n) is 1.41. The first-order valence-electron chi connectivity index (χ1n) is 6.27. The second-order valence-corrected chi connectivity index (χ2v) is 5.02. The van der Waals surface area contributed by atoms with Crippen LogP contribution in [0, 0.1) is 11.8 Å². The molecule has 4 nitrogen and oxygen atoms in total. The lowest BCUT2D eigenvalue weighted by atomic mass is 10.0. The highest BCUT2D eigenvalue weighted by atomic mass is 16.2. The van der Waals surface area contributed by atoms with Crippen molar-refractivity contribution >= 4 is 11.6 Å². The van der Waals surface area contributed by atoms with Gasteiger partial charge in [-0.15, -0.1) is 0 Å². The summed E-state index contributed by atoms with van der Waals surface area (Å²) >= 11 is 0. The number of hydrogen-bond donors (Lipinski definition) is 1. The molecule has 1 N–H and O–H groups in total. The van der Waals surface area contributed by atoms with Gasteiger partial charge in [-0.25, -0.2) is 5.43 Å². The van der Waals surface area contributed by atoms with Crippen molar-refractivity contribution in [3.63, 3.8) is 0 Å². The van der Waals surface area contributed by atoms with Crippen molar-refractivity contribution < 1.29 is 4.79 Å². The molecule has 0 spiro atoms. The first-order chi connectivity index (χ1) is 8.50. The van der Waals surface area contributed by atoms with E-state index in [1.54, 1.807) is 12.4 Å². The highest BCUT2D eigenvalue weighted by Gasteiger charge is 2.09. The maximum atomic E-state index is 11.5. The summed E-state index contributed by atoms with van der Waals surface area (Å²) in [6.07, 6.45) is 4.29. The molecule has 0 aromatic carbocycles. The van der Waals surface area contributed by atoms with Crippen LogP contribution in [0.1, 0.15) is 39.7 Å². The first kappa shape index (κ1) is 14.4. The van der Waals surface area contributed by atoms with E-state index in [4.69, 9.17) is 0 Å². The number of carbonyl (C=O) groups is 1. The van der Waals surface area contributed by atoms with Gasteiger partial charge in [0.2, 0.25) is 5.91 Å².